The minimum atomic E-state index is -3.11. The van der Waals surface area contributed by atoms with E-state index in [1.165, 1.54) is 27.4 Å². The van der Waals surface area contributed by atoms with Crippen LogP contribution in [0.4, 0.5) is 0 Å². The van der Waals surface area contributed by atoms with Crippen LogP contribution in [0.2, 0.25) is 0 Å². The van der Waals surface area contributed by atoms with E-state index in [0.29, 0.717) is 0 Å². The summed E-state index contributed by atoms with van der Waals surface area (Å²) in [6.45, 7) is 3.91. The second-order valence-corrected chi connectivity index (χ2v) is 9.22. The molecule has 0 aliphatic carbocycles. The molecular weight excluding hydrogens is 244 g/mol. The van der Waals surface area contributed by atoms with Gasteiger partial charge in [-0.3, -0.25) is 4.57 Å². The fraction of sp³-hybridized carbons (Fsp3) is 1.00. The van der Waals surface area contributed by atoms with Gasteiger partial charge in [0.25, 0.3) is 0 Å². The molecule has 0 saturated heterocycles. The van der Waals surface area contributed by atoms with Gasteiger partial charge >= 0.3 is 6.00 Å². The van der Waals surface area contributed by atoms with E-state index in [0.717, 1.165) is 11.5 Å². The molecule has 0 saturated carbocycles. The summed E-state index contributed by atoms with van der Waals surface area (Å²) >= 11 is 13.7. The summed E-state index contributed by atoms with van der Waals surface area (Å²) in [6, 6.07) is 0. The van der Waals surface area contributed by atoms with Crippen molar-refractivity contribution in [1.82, 2.24) is 3.48 Å². The number of hydrogen-bond donors (Lipinski definition) is 0. The Morgan fingerprint density at radius 3 is 1.82 bits per heavy atom. The third-order valence-corrected chi connectivity index (χ3v) is 6.70. The summed E-state index contributed by atoms with van der Waals surface area (Å²) in [5.41, 5.74) is 0. The van der Waals surface area contributed by atoms with Crippen LogP contribution in [0.15, 0.2) is 0 Å². The highest BCUT2D eigenvalue weighted by Gasteiger charge is 2.25. The van der Waals surface area contributed by atoms with E-state index in [1.807, 2.05) is 13.8 Å². The summed E-state index contributed by atoms with van der Waals surface area (Å²) in [5.74, 6) is -1.47. The highest BCUT2D eigenvalue weighted by molar-refractivity contribution is 8.26. The monoisotopic (exact) mass is 253 g/mol. The molecule has 0 aliphatic heterocycles. The molecule has 0 aromatic rings. The lowest BCUT2D eigenvalue weighted by Gasteiger charge is -2.17. The predicted octanol–water partition coefficient (Wildman–Crippen LogP) is 4.21. The van der Waals surface area contributed by atoms with Crippen LogP contribution in [-0.4, -0.2) is 15.0 Å². The van der Waals surface area contributed by atoms with Crippen molar-refractivity contribution < 1.29 is 4.57 Å². The second kappa shape index (κ2) is 6.01. The van der Waals surface area contributed by atoms with Crippen LogP contribution in [0.3, 0.4) is 0 Å². The lowest BCUT2D eigenvalue weighted by molar-refractivity contribution is 0.585. The Morgan fingerprint density at radius 2 is 1.64 bits per heavy atom. The molecule has 68 valence electrons. The van der Waals surface area contributed by atoms with Crippen LogP contribution in [-0.2, 0) is 4.57 Å². The van der Waals surface area contributed by atoms with Crippen LogP contribution < -0.4 is 0 Å². The Bertz CT molecular complexity index is 147. The Morgan fingerprint density at radius 1 is 1.27 bits per heavy atom. The smallest absolute Gasteiger partial charge is 0.269 e. The molecule has 11 heavy (non-hydrogen) atoms. The Kier molecular flexibility index (Phi) is 6.81. The maximum atomic E-state index is 11.1. The fourth-order valence-corrected chi connectivity index (χ4v) is 5.10. The molecular formula is C4H10Cl2NOPS2. The van der Waals surface area contributed by atoms with E-state index >= 15 is 0 Å². The van der Waals surface area contributed by atoms with Gasteiger partial charge in [0, 0.05) is 11.5 Å². The van der Waals surface area contributed by atoms with Gasteiger partial charge in [-0.25, -0.2) is 0 Å². The number of rotatable bonds is 5. The lowest BCUT2D eigenvalue weighted by atomic mass is 11.0. The standard InChI is InChI=1S/C4H10Cl2NOPS2/c1-3-10-7(11-4-2)9(5,6)8/h3-4H2,1-2H3. The number of hydrogen-bond acceptors (Lipinski definition) is 3. The van der Waals surface area contributed by atoms with E-state index in [4.69, 9.17) is 22.5 Å². The molecule has 0 N–H and O–H groups in total. The van der Waals surface area contributed by atoms with Crippen LogP contribution in [0.1, 0.15) is 13.8 Å². The normalized spacial score (nSPS) is 12.5. The quantitative estimate of drug-likeness (QED) is 0.540. The third-order valence-electron chi connectivity index (χ3n) is 0.669. The maximum Gasteiger partial charge on any atom is 0.341 e. The van der Waals surface area contributed by atoms with Crippen molar-refractivity contribution in [3.63, 3.8) is 0 Å². The Balaban J connectivity index is 3.99. The van der Waals surface area contributed by atoms with Crippen molar-refractivity contribution >= 4 is 52.4 Å². The van der Waals surface area contributed by atoms with Gasteiger partial charge in [0.15, 0.2) is 0 Å². The molecule has 0 aliphatic rings. The van der Waals surface area contributed by atoms with Crippen LogP contribution in [0.5, 0.6) is 0 Å². The van der Waals surface area contributed by atoms with Crippen molar-refractivity contribution in [3.8, 4) is 0 Å². The average molecular weight is 254 g/mol. The van der Waals surface area contributed by atoms with E-state index in [9.17, 15) is 4.57 Å². The molecule has 0 aromatic heterocycles. The highest BCUT2D eigenvalue weighted by Crippen LogP contribution is 2.65. The first-order chi connectivity index (χ1) is 5.02. The van der Waals surface area contributed by atoms with Gasteiger partial charge in [0.05, 0.1) is 0 Å². The number of halogens is 2. The summed E-state index contributed by atoms with van der Waals surface area (Å²) in [5, 5.41) is 0. The third kappa shape index (κ3) is 5.67. The van der Waals surface area contributed by atoms with E-state index in [-0.39, 0.29) is 0 Å². The zero-order chi connectivity index (χ0) is 8.91. The van der Waals surface area contributed by atoms with Crippen molar-refractivity contribution in [3.05, 3.63) is 0 Å². The SMILES string of the molecule is CCSN(SCC)P(=O)(Cl)Cl. The zero-order valence-corrected chi connectivity index (χ0v) is 10.3. The highest BCUT2D eigenvalue weighted by atomic mass is 35.9. The van der Waals surface area contributed by atoms with E-state index < -0.39 is 6.00 Å². The molecule has 2 nitrogen and oxygen atoms in total. The van der Waals surface area contributed by atoms with Gasteiger partial charge in [0.1, 0.15) is 0 Å². The van der Waals surface area contributed by atoms with Crippen LogP contribution in [0.25, 0.3) is 0 Å². The van der Waals surface area contributed by atoms with Crippen molar-refractivity contribution in [2.24, 2.45) is 0 Å². The van der Waals surface area contributed by atoms with Gasteiger partial charge in [-0.05, 0) is 22.5 Å². The average Bonchev–Trinajstić information content (AvgIpc) is 1.85. The van der Waals surface area contributed by atoms with Gasteiger partial charge in [-0.1, -0.05) is 37.7 Å². The minimum Gasteiger partial charge on any atom is -0.269 e. The van der Waals surface area contributed by atoms with Gasteiger partial charge < -0.3 is 0 Å². The molecule has 0 aromatic carbocycles. The topological polar surface area (TPSA) is 20.3 Å². The fourth-order valence-electron chi connectivity index (χ4n) is 0.393. The molecule has 0 atom stereocenters. The minimum absolute atomic E-state index is 0.816. The second-order valence-electron chi connectivity index (χ2n) is 1.51. The summed E-state index contributed by atoms with van der Waals surface area (Å²) in [7, 11) is 0. The molecule has 0 unspecified atom stereocenters. The Hall–Kier alpha value is 1.47. The van der Waals surface area contributed by atoms with Crippen LogP contribution >= 0.6 is 52.4 Å². The zero-order valence-electron chi connectivity index (χ0n) is 6.29. The molecule has 0 spiro atoms. The molecule has 0 fully saturated rings. The lowest BCUT2D eigenvalue weighted by Crippen LogP contribution is -1.96. The largest absolute Gasteiger partial charge is 0.341 e. The molecule has 0 amide bonds. The van der Waals surface area contributed by atoms with E-state index in [1.54, 1.807) is 0 Å². The molecule has 0 radical (unpaired) electrons. The summed E-state index contributed by atoms with van der Waals surface area (Å²) in [4.78, 5) is 0. The first-order valence-electron chi connectivity index (χ1n) is 3.08. The Labute approximate surface area is 85.6 Å². The maximum absolute atomic E-state index is 11.1. The van der Waals surface area contributed by atoms with Crippen molar-refractivity contribution in [1.29, 1.82) is 0 Å². The summed E-state index contributed by atoms with van der Waals surface area (Å²) in [6.07, 6.45) is 0. The van der Waals surface area contributed by atoms with Gasteiger partial charge in [0.2, 0.25) is 0 Å². The predicted molar refractivity (Wildman–Crippen MR) is 57.4 cm³/mol. The van der Waals surface area contributed by atoms with Gasteiger partial charge in [-0.2, -0.15) is 0 Å². The van der Waals surface area contributed by atoms with E-state index in [2.05, 4.69) is 0 Å². The molecule has 7 heteroatoms. The van der Waals surface area contributed by atoms with Crippen LogP contribution in [0, 0.1) is 0 Å². The van der Waals surface area contributed by atoms with Crippen molar-refractivity contribution in [2.45, 2.75) is 13.8 Å². The first-order valence-corrected chi connectivity index (χ1v) is 8.43. The van der Waals surface area contributed by atoms with Gasteiger partial charge in [-0.15, -0.1) is 3.48 Å². The molecule has 0 rings (SSSR count). The number of nitrogens with zero attached hydrogens (tertiary/aromatic N) is 1. The molecule has 0 heterocycles. The first kappa shape index (κ1) is 12.5. The summed E-state index contributed by atoms with van der Waals surface area (Å²) < 4.78 is 12.6. The molecule has 0 bridgehead atoms. The van der Waals surface area contributed by atoms with Crippen molar-refractivity contribution in [2.75, 3.05) is 11.5 Å².